The fourth-order valence-corrected chi connectivity index (χ4v) is 9.44. The summed E-state index contributed by atoms with van der Waals surface area (Å²) in [6, 6.07) is 69.3. The van der Waals surface area contributed by atoms with E-state index in [0.29, 0.717) is 16.3 Å². The van der Waals surface area contributed by atoms with Gasteiger partial charge in [0, 0.05) is 5.56 Å². The minimum Gasteiger partial charge on any atom is -0.504 e. The Kier molecular flexibility index (Phi) is 8.84. The quantitative estimate of drug-likeness (QED) is 0.0654. The third-order valence-corrected chi connectivity index (χ3v) is 12.4. The van der Waals surface area contributed by atoms with Crippen molar-refractivity contribution in [1.29, 1.82) is 0 Å². The van der Waals surface area contributed by atoms with Crippen LogP contribution in [0.5, 0.6) is 28.7 Å². The van der Waals surface area contributed by atoms with Gasteiger partial charge in [0.15, 0.2) is 11.5 Å². The zero-order chi connectivity index (χ0) is 42.8. The van der Waals surface area contributed by atoms with Gasteiger partial charge >= 0.3 is 0 Å². The average Bonchev–Trinajstić information content (AvgIpc) is 3.34. The molecule has 5 nitrogen and oxygen atoms in total. The molecule has 0 bridgehead atoms. The molecule has 0 aliphatic carbocycles. The van der Waals surface area contributed by atoms with E-state index in [1.165, 1.54) is 16.2 Å². The van der Waals surface area contributed by atoms with Gasteiger partial charge in [0.25, 0.3) is 0 Å². The van der Waals surface area contributed by atoms with Crippen LogP contribution < -0.4 is 0 Å². The molecular formula is C58H38O5. The van der Waals surface area contributed by atoms with E-state index < -0.39 is 28.7 Å². The molecule has 5 heteroatoms. The first-order valence-corrected chi connectivity index (χ1v) is 20.8. The highest BCUT2D eigenvalue weighted by Gasteiger charge is 2.28. The number of phenolic OH excluding ortho intramolecular Hbond substituents is 5. The maximum atomic E-state index is 11.3. The zero-order valence-electron chi connectivity index (χ0n) is 33.8. The van der Waals surface area contributed by atoms with Crippen LogP contribution in [0.25, 0.3) is 110 Å². The van der Waals surface area contributed by atoms with Crippen molar-refractivity contribution >= 4 is 43.1 Å². The molecule has 0 aliphatic heterocycles. The molecule has 0 spiro atoms. The highest BCUT2D eigenvalue weighted by Crippen LogP contribution is 2.58. The van der Waals surface area contributed by atoms with E-state index in [9.17, 15) is 25.5 Å². The summed E-state index contributed by atoms with van der Waals surface area (Å²) in [4.78, 5) is 0. The minimum absolute atomic E-state index is 0.188. The second kappa shape index (κ2) is 14.9. The van der Waals surface area contributed by atoms with Gasteiger partial charge in [-0.05, 0) is 117 Å². The van der Waals surface area contributed by atoms with Crippen molar-refractivity contribution in [2.24, 2.45) is 0 Å². The van der Waals surface area contributed by atoms with Crippen LogP contribution in [0.4, 0.5) is 0 Å². The lowest BCUT2D eigenvalue weighted by Gasteiger charge is -2.22. The number of fused-ring (bicyclic) bond motifs is 4. The Morgan fingerprint density at radius 2 is 0.556 bits per heavy atom. The molecule has 11 aromatic rings. The van der Waals surface area contributed by atoms with Crippen molar-refractivity contribution in [2.75, 3.05) is 0 Å². The molecule has 0 aromatic heterocycles. The molecule has 0 unspecified atom stereocenters. The van der Waals surface area contributed by atoms with E-state index in [2.05, 4.69) is 152 Å². The van der Waals surface area contributed by atoms with Gasteiger partial charge in [-0.2, -0.15) is 0 Å². The summed E-state index contributed by atoms with van der Waals surface area (Å²) >= 11 is 0. The van der Waals surface area contributed by atoms with Crippen LogP contribution >= 0.6 is 0 Å². The lowest BCUT2D eigenvalue weighted by Crippen LogP contribution is -1.95. The molecule has 11 rings (SSSR count). The summed E-state index contributed by atoms with van der Waals surface area (Å²) in [6.07, 6.45) is 0. The second-order valence-electron chi connectivity index (χ2n) is 15.9. The SMILES string of the molecule is Oc1c(O)c(O)c(-c2c3ccccc3c(-c3ccc(-c4ccccc4-c4ccc5ccccc5c4)c(-c4ccccc4-c4ccc5ccccc5c4)c3)c3ccccc23)c(O)c1O. The fourth-order valence-electron chi connectivity index (χ4n) is 9.44. The van der Waals surface area contributed by atoms with Crippen LogP contribution in [0.3, 0.4) is 0 Å². The molecule has 0 saturated heterocycles. The van der Waals surface area contributed by atoms with Gasteiger partial charge in [-0.15, -0.1) is 0 Å². The molecule has 0 aliphatic rings. The van der Waals surface area contributed by atoms with E-state index in [1.807, 2.05) is 48.5 Å². The van der Waals surface area contributed by atoms with Gasteiger partial charge in [-0.25, -0.2) is 0 Å². The number of benzene rings is 11. The Morgan fingerprint density at radius 1 is 0.206 bits per heavy atom. The van der Waals surface area contributed by atoms with E-state index in [-0.39, 0.29) is 5.56 Å². The normalized spacial score (nSPS) is 11.5. The third kappa shape index (κ3) is 6.09. The lowest BCUT2D eigenvalue weighted by molar-refractivity contribution is 0.330. The monoisotopic (exact) mass is 814 g/mol. The number of rotatable bonds is 6. The molecule has 0 amide bonds. The van der Waals surface area contributed by atoms with E-state index in [1.54, 1.807) is 0 Å². The fraction of sp³-hybridized carbons (Fsp3) is 0. The molecule has 63 heavy (non-hydrogen) atoms. The van der Waals surface area contributed by atoms with Crippen molar-refractivity contribution in [3.05, 3.63) is 200 Å². The van der Waals surface area contributed by atoms with Gasteiger partial charge in [-0.1, -0.05) is 182 Å². The molecule has 0 atom stereocenters. The van der Waals surface area contributed by atoms with Crippen LogP contribution in [0.1, 0.15) is 0 Å². The zero-order valence-corrected chi connectivity index (χ0v) is 33.8. The highest BCUT2D eigenvalue weighted by atomic mass is 16.4. The molecular weight excluding hydrogens is 777 g/mol. The standard InChI is InChI=1S/C58H38O5/c59-54-53(55(60)57(62)58(63)56(54)61)52-48-23-11-9-21-46(48)51(47-22-10-12-24-49(47)52)40-29-30-45(43-19-7-5-17-41(43)38-27-25-34-13-1-3-15-36(34)31-38)50(33-40)44-20-8-6-18-42(44)39-28-26-35-14-2-4-16-37(35)32-39/h1-33,59-63H. The first-order chi connectivity index (χ1) is 30.9. The lowest BCUT2D eigenvalue weighted by atomic mass is 9.82. The molecule has 0 heterocycles. The highest BCUT2D eigenvalue weighted by molar-refractivity contribution is 6.23. The molecule has 0 radical (unpaired) electrons. The van der Waals surface area contributed by atoms with Gasteiger partial charge < -0.3 is 25.5 Å². The molecule has 5 N–H and O–H groups in total. The van der Waals surface area contributed by atoms with E-state index in [0.717, 1.165) is 71.8 Å². The summed E-state index contributed by atoms with van der Waals surface area (Å²) in [5.74, 6) is -4.34. The first-order valence-electron chi connectivity index (χ1n) is 20.8. The first kappa shape index (κ1) is 37.5. The minimum atomic E-state index is -1.00. The van der Waals surface area contributed by atoms with Crippen molar-refractivity contribution in [1.82, 2.24) is 0 Å². The molecule has 11 aromatic carbocycles. The van der Waals surface area contributed by atoms with Crippen LogP contribution in [0.2, 0.25) is 0 Å². The third-order valence-electron chi connectivity index (χ3n) is 12.4. The molecule has 0 fully saturated rings. The van der Waals surface area contributed by atoms with Crippen molar-refractivity contribution in [2.45, 2.75) is 0 Å². The van der Waals surface area contributed by atoms with Gasteiger partial charge in [0.2, 0.25) is 17.2 Å². The average molecular weight is 815 g/mol. The topological polar surface area (TPSA) is 101 Å². The van der Waals surface area contributed by atoms with Crippen molar-refractivity contribution in [3.63, 3.8) is 0 Å². The second-order valence-corrected chi connectivity index (χ2v) is 15.9. The maximum absolute atomic E-state index is 11.3. The van der Waals surface area contributed by atoms with Gasteiger partial charge in [-0.3, -0.25) is 0 Å². The van der Waals surface area contributed by atoms with Gasteiger partial charge in [0.1, 0.15) is 0 Å². The smallest absolute Gasteiger partial charge is 0.208 e. The molecule has 0 saturated carbocycles. The Hall–Kier alpha value is -8.54. The molecule has 300 valence electrons. The summed E-state index contributed by atoms with van der Waals surface area (Å²) in [5, 5.41) is 62.0. The number of hydrogen-bond acceptors (Lipinski definition) is 5. The Bertz CT molecular complexity index is 3560. The van der Waals surface area contributed by atoms with Crippen molar-refractivity contribution < 1.29 is 25.5 Å². The maximum Gasteiger partial charge on any atom is 0.208 e. The van der Waals surface area contributed by atoms with Crippen LogP contribution in [-0.4, -0.2) is 25.5 Å². The Morgan fingerprint density at radius 3 is 1.05 bits per heavy atom. The van der Waals surface area contributed by atoms with Crippen LogP contribution in [0, 0.1) is 0 Å². The van der Waals surface area contributed by atoms with Gasteiger partial charge in [0.05, 0.1) is 5.56 Å². The predicted molar refractivity (Wildman–Crippen MR) is 257 cm³/mol. The Labute approximate surface area is 362 Å². The van der Waals surface area contributed by atoms with Crippen LogP contribution in [-0.2, 0) is 0 Å². The largest absolute Gasteiger partial charge is 0.504 e. The van der Waals surface area contributed by atoms with E-state index in [4.69, 9.17) is 0 Å². The summed E-state index contributed by atoms with van der Waals surface area (Å²) in [6.45, 7) is 0. The van der Waals surface area contributed by atoms with E-state index >= 15 is 0 Å². The Balaban J connectivity index is 1.21. The van der Waals surface area contributed by atoms with Crippen LogP contribution in [0.15, 0.2) is 200 Å². The number of phenols is 5. The number of hydrogen-bond donors (Lipinski definition) is 5. The predicted octanol–water partition coefficient (Wildman–Crippen LogP) is 14.8. The summed E-state index contributed by atoms with van der Waals surface area (Å²) < 4.78 is 0. The summed E-state index contributed by atoms with van der Waals surface area (Å²) in [7, 11) is 0. The summed E-state index contributed by atoms with van der Waals surface area (Å²) in [5.41, 5.74) is 10.7. The number of aromatic hydroxyl groups is 5. The van der Waals surface area contributed by atoms with Crippen molar-refractivity contribution in [3.8, 4) is 95.5 Å².